The predicted molar refractivity (Wildman–Crippen MR) is 115 cm³/mol. The number of carbonyl (C=O) groups is 1. The lowest BCUT2D eigenvalue weighted by Crippen LogP contribution is -2.40. The molecule has 3 rings (SSSR count). The molecule has 0 amide bonds. The van der Waals surface area contributed by atoms with Gasteiger partial charge in [0.25, 0.3) is 6.47 Å². The minimum atomic E-state index is -0.250. The standard InChI is InChI=1S/C20H24N6.CH2O2/c1-20(2,3)26-16(13-9-5-4-6-10-13)18-23-15-12-8-7-11-14(15)17(24-18)25-19(21)22;2-1-3/h4-12,16,26H,1-3H3,(H4,21,22,23,24,25);1H,(H,2,3). The van der Waals surface area contributed by atoms with E-state index in [1.807, 2.05) is 42.5 Å². The molecule has 3 aromatic rings. The first-order valence-corrected chi connectivity index (χ1v) is 9.02. The van der Waals surface area contributed by atoms with Crippen molar-refractivity contribution in [1.82, 2.24) is 15.3 Å². The van der Waals surface area contributed by atoms with Crippen LogP contribution >= 0.6 is 0 Å². The Kier molecular flexibility index (Phi) is 7.21. The zero-order valence-corrected chi connectivity index (χ0v) is 16.7. The number of aromatic nitrogens is 2. The summed E-state index contributed by atoms with van der Waals surface area (Å²) in [6.45, 7) is 6.09. The zero-order chi connectivity index (χ0) is 21.4. The van der Waals surface area contributed by atoms with E-state index in [-0.39, 0.29) is 24.0 Å². The van der Waals surface area contributed by atoms with Crippen molar-refractivity contribution < 1.29 is 9.90 Å². The van der Waals surface area contributed by atoms with E-state index in [0.717, 1.165) is 16.5 Å². The van der Waals surface area contributed by atoms with Crippen LogP contribution in [-0.4, -0.2) is 33.0 Å². The van der Waals surface area contributed by atoms with Gasteiger partial charge in [-0.3, -0.25) is 10.1 Å². The van der Waals surface area contributed by atoms with E-state index in [4.69, 9.17) is 26.4 Å². The lowest BCUT2D eigenvalue weighted by molar-refractivity contribution is -0.122. The second-order valence-corrected chi connectivity index (χ2v) is 7.30. The van der Waals surface area contributed by atoms with E-state index < -0.39 is 0 Å². The summed E-state index contributed by atoms with van der Waals surface area (Å²) < 4.78 is 0. The van der Waals surface area contributed by atoms with Crippen LogP contribution in [0.5, 0.6) is 0 Å². The van der Waals surface area contributed by atoms with Crippen molar-refractivity contribution in [2.75, 3.05) is 0 Å². The zero-order valence-electron chi connectivity index (χ0n) is 16.7. The molecular weight excluding hydrogens is 368 g/mol. The van der Waals surface area contributed by atoms with Crippen LogP contribution < -0.4 is 16.8 Å². The number of guanidine groups is 1. The molecule has 29 heavy (non-hydrogen) atoms. The Morgan fingerprint density at radius 1 is 1.07 bits per heavy atom. The minimum absolute atomic E-state index is 0.0279. The fraction of sp³-hybridized carbons (Fsp3) is 0.238. The summed E-state index contributed by atoms with van der Waals surface area (Å²) in [6.07, 6.45) is 0. The van der Waals surface area contributed by atoms with Crippen LogP contribution in [0, 0.1) is 0 Å². The summed E-state index contributed by atoms with van der Waals surface area (Å²) in [5.41, 5.74) is 13.0. The number of carboxylic acid groups (broad SMARTS) is 1. The quantitative estimate of drug-likeness (QED) is 0.303. The van der Waals surface area contributed by atoms with Crippen molar-refractivity contribution in [3.8, 4) is 0 Å². The third-order valence-corrected chi connectivity index (χ3v) is 3.80. The molecule has 1 unspecified atom stereocenters. The Balaban J connectivity index is 0.000000941. The van der Waals surface area contributed by atoms with Gasteiger partial charge in [0.15, 0.2) is 17.6 Å². The molecule has 2 aromatic carbocycles. The Labute approximate surface area is 169 Å². The van der Waals surface area contributed by atoms with Crippen LogP contribution in [-0.2, 0) is 4.79 Å². The van der Waals surface area contributed by atoms with E-state index in [1.54, 1.807) is 0 Å². The Morgan fingerprint density at radius 2 is 1.66 bits per heavy atom. The maximum absolute atomic E-state index is 8.36. The molecular formula is C21H26N6O2. The predicted octanol–water partition coefficient (Wildman–Crippen LogP) is 2.71. The maximum Gasteiger partial charge on any atom is 0.290 e. The summed E-state index contributed by atoms with van der Waals surface area (Å²) in [5.74, 6) is 1.08. The van der Waals surface area contributed by atoms with E-state index in [2.05, 4.69) is 48.2 Å². The molecule has 0 aliphatic carbocycles. The van der Waals surface area contributed by atoms with Gasteiger partial charge in [-0.05, 0) is 38.5 Å². The summed E-state index contributed by atoms with van der Waals surface area (Å²) in [7, 11) is 0. The van der Waals surface area contributed by atoms with Gasteiger partial charge in [-0.2, -0.15) is 4.99 Å². The number of benzene rings is 2. The highest BCUT2D eigenvalue weighted by molar-refractivity contribution is 5.91. The maximum atomic E-state index is 8.36. The monoisotopic (exact) mass is 394 g/mol. The van der Waals surface area contributed by atoms with Crippen LogP contribution in [0.1, 0.15) is 38.2 Å². The van der Waals surface area contributed by atoms with E-state index in [0.29, 0.717) is 11.6 Å². The molecule has 8 heteroatoms. The first-order chi connectivity index (χ1) is 13.7. The van der Waals surface area contributed by atoms with Gasteiger partial charge >= 0.3 is 0 Å². The van der Waals surface area contributed by atoms with Gasteiger partial charge in [0, 0.05) is 10.9 Å². The third-order valence-electron chi connectivity index (χ3n) is 3.80. The Morgan fingerprint density at radius 3 is 2.24 bits per heavy atom. The van der Waals surface area contributed by atoms with Gasteiger partial charge in [0.05, 0.1) is 11.6 Å². The van der Waals surface area contributed by atoms with E-state index >= 15 is 0 Å². The average Bonchev–Trinajstić information content (AvgIpc) is 2.66. The summed E-state index contributed by atoms with van der Waals surface area (Å²) in [4.78, 5) is 22.0. The second kappa shape index (κ2) is 9.61. The summed E-state index contributed by atoms with van der Waals surface area (Å²) >= 11 is 0. The number of nitrogens with two attached hydrogens (primary N) is 2. The molecule has 0 spiro atoms. The second-order valence-electron chi connectivity index (χ2n) is 7.30. The van der Waals surface area contributed by atoms with E-state index in [9.17, 15) is 0 Å². The Hall–Kier alpha value is -3.52. The average molecular weight is 394 g/mol. The number of rotatable bonds is 4. The highest BCUT2D eigenvalue weighted by atomic mass is 16.3. The van der Waals surface area contributed by atoms with Crippen LogP contribution in [0.25, 0.3) is 10.9 Å². The topological polar surface area (TPSA) is 140 Å². The number of nitrogens with one attached hydrogen (secondary N) is 1. The Bertz CT molecular complexity index is 979. The SMILES string of the molecule is CC(C)(C)NC(c1ccccc1)c1nc(N=C(N)N)c2ccccc2n1.O=CO. The molecule has 0 saturated carbocycles. The fourth-order valence-electron chi connectivity index (χ4n) is 2.79. The minimum Gasteiger partial charge on any atom is -0.483 e. The summed E-state index contributed by atoms with van der Waals surface area (Å²) in [5, 5.41) is 11.3. The highest BCUT2D eigenvalue weighted by Gasteiger charge is 2.24. The number of hydrogen-bond acceptors (Lipinski definition) is 5. The van der Waals surface area contributed by atoms with Crippen molar-refractivity contribution in [3.05, 3.63) is 66.0 Å². The third kappa shape index (κ3) is 6.25. The molecule has 0 radical (unpaired) electrons. The smallest absolute Gasteiger partial charge is 0.290 e. The van der Waals surface area contributed by atoms with Crippen LogP contribution in [0.15, 0.2) is 59.6 Å². The molecule has 0 aliphatic heterocycles. The molecule has 152 valence electrons. The van der Waals surface area contributed by atoms with Crippen LogP contribution in [0.2, 0.25) is 0 Å². The molecule has 0 aliphatic rings. The molecule has 0 fully saturated rings. The number of fused-ring (bicyclic) bond motifs is 1. The van der Waals surface area contributed by atoms with Gasteiger partial charge in [0.2, 0.25) is 0 Å². The molecule has 1 aromatic heterocycles. The molecule has 1 heterocycles. The molecule has 8 nitrogen and oxygen atoms in total. The lowest BCUT2D eigenvalue weighted by atomic mass is 10.0. The van der Waals surface area contributed by atoms with Gasteiger partial charge in [0.1, 0.15) is 0 Å². The van der Waals surface area contributed by atoms with Crippen molar-refractivity contribution in [1.29, 1.82) is 0 Å². The highest BCUT2D eigenvalue weighted by Crippen LogP contribution is 2.28. The summed E-state index contributed by atoms with van der Waals surface area (Å²) in [6, 6.07) is 17.6. The number of para-hydroxylation sites is 1. The first-order valence-electron chi connectivity index (χ1n) is 9.02. The van der Waals surface area contributed by atoms with Crippen molar-refractivity contribution in [2.45, 2.75) is 32.4 Å². The van der Waals surface area contributed by atoms with Gasteiger partial charge in [-0.25, -0.2) is 9.97 Å². The fourth-order valence-corrected chi connectivity index (χ4v) is 2.79. The van der Waals surface area contributed by atoms with Gasteiger partial charge < -0.3 is 16.6 Å². The normalized spacial score (nSPS) is 11.8. The van der Waals surface area contributed by atoms with E-state index in [1.165, 1.54) is 0 Å². The largest absolute Gasteiger partial charge is 0.483 e. The van der Waals surface area contributed by atoms with Crippen molar-refractivity contribution in [3.63, 3.8) is 0 Å². The van der Waals surface area contributed by atoms with Crippen LogP contribution in [0.4, 0.5) is 5.82 Å². The van der Waals surface area contributed by atoms with Crippen molar-refractivity contribution >= 4 is 29.2 Å². The number of hydrogen-bond donors (Lipinski definition) is 4. The van der Waals surface area contributed by atoms with Gasteiger partial charge in [-0.1, -0.05) is 42.5 Å². The molecule has 6 N–H and O–H groups in total. The molecule has 0 bridgehead atoms. The molecule has 0 saturated heterocycles. The lowest BCUT2D eigenvalue weighted by Gasteiger charge is -2.28. The van der Waals surface area contributed by atoms with Crippen molar-refractivity contribution in [2.24, 2.45) is 16.5 Å². The molecule has 1 atom stereocenters. The van der Waals surface area contributed by atoms with Gasteiger partial charge in [-0.15, -0.1) is 0 Å². The first kappa shape index (κ1) is 21.8. The van der Waals surface area contributed by atoms with Crippen LogP contribution in [0.3, 0.4) is 0 Å². The number of aliphatic imine (C=N–C) groups is 1. The number of nitrogens with zero attached hydrogens (tertiary/aromatic N) is 3.